The van der Waals surface area contributed by atoms with Crippen LogP contribution in [0.2, 0.25) is 0 Å². The van der Waals surface area contributed by atoms with Crippen LogP contribution in [-0.4, -0.2) is 70.2 Å². The maximum atomic E-state index is 14.6. The molecule has 6 rings (SSSR count). The summed E-state index contributed by atoms with van der Waals surface area (Å²) in [7, 11) is -0.0577. The van der Waals surface area contributed by atoms with E-state index in [9.17, 15) is 13.2 Å². The number of amides is 1. The van der Waals surface area contributed by atoms with Gasteiger partial charge in [-0.15, -0.1) is 0 Å². The molecule has 1 aliphatic heterocycles. The number of rotatable bonds is 12. The molecule has 1 heterocycles. The molecule has 1 atom stereocenters. The van der Waals surface area contributed by atoms with Gasteiger partial charge in [-0.1, -0.05) is 103 Å². The summed E-state index contributed by atoms with van der Waals surface area (Å²) in [6.45, 7) is 4.60. The summed E-state index contributed by atoms with van der Waals surface area (Å²) in [4.78, 5) is 19.7. The first-order chi connectivity index (χ1) is 24.2. The number of hydrogen-bond acceptors (Lipinski definition) is 6. The Bertz CT molecular complexity index is 1920. The Morgan fingerprint density at radius 1 is 0.740 bits per heavy atom. The largest absolute Gasteiger partial charge is 0.448 e. The van der Waals surface area contributed by atoms with Gasteiger partial charge in [-0.05, 0) is 55.2 Å². The van der Waals surface area contributed by atoms with Gasteiger partial charge in [0.15, 0.2) is 0 Å². The standard InChI is InChI=1S/C41H46N4O4S/c1-32(44(29-33-15-7-4-8-16-33)30-34-17-9-5-10-18-34)31-49-41(46)43-27-25-36(26-28-43)45(35-19-11-6-12-20-35)50(47,48)40-24-14-21-37-38(40)22-13-23-39(37)42(2)3/h4-24,32,36H,25-31H2,1-3H3. The lowest BCUT2D eigenvalue weighted by molar-refractivity contribution is 0.0592. The number of benzene rings is 5. The van der Waals surface area contributed by atoms with Crippen molar-refractivity contribution in [2.24, 2.45) is 0 Å². The van der Waals surface area contributed by atoms with Crippen molar-refractivity contribution >= 4 is 38.3 Å². The van der Waals surface area contributed by atoms with Crippen molar-refractivity contribution in [2.75, 3.05) is 43.0 Å². The predicted molar refractivity (Wildman–Crippen MR) is 202 cm³/mol. The van der Waals surface area contributed by atoms with Crippen LogP contribution in [0.5, 0.6) is 0 Å². The lowest BCUT2D eigenvalue weighted by Crippen LogP contribution is -2.49. The molecule has 0 aliphatic carbocycles. The highest BCUT2D eigenvalue weighted by Crippen LogP contribution is 2.36. The molecule has 0 bridgehead atoms. The maximum Gasteiger partial charge on any atom is 0.409 e. The number of sulfonamides is 1. The molecular formula is C41H46N4O4S. The van der Waals surface area contributed by atoms with E-state index < -0.39 is 10.0 Å². The minimum Gasteiger partial charge on any atom is -0.448 e. The molecule has 8 nitrogen and oxygen atoms in total. The minimum atomic E-state index is -3.97. The van der Waals surface area contributed by atoms with E-state index in [0.717, 1.165) is 24.2 Å². The number of carbonyl (C=O) groups is 1. The van der Waals surface area contributed by atoms with Crippen molar-refractivity contribution in [1.82, 2.24) is 9.80 Å². The van der Waals surface area contributed by atoms with Crippen LogP contribution in [0.15, 0.2) is 132 Å². The highest BCUT2D eigenvalue weighted by Gasteiger charge is 2.36. The van der Waals surface area contributed by atoms with Crippen LogP contribution in [0.3, 0.4) is 0 Å². The number of carbonyl (C=O) groups excluding carboxylic acids is 1. The molecule has 0 N–H and O–H groups in total. The van der Waals surface area contributed by atoms with Crippen LogP contribution in [0.1, 0.15) is 30.9 Å². The molecule has 1 saturated heterocycles. The summed E-state index contributed by atoms with van der Waals surface area (Å²) in [5.74, 6) is 0. The Hall–Kier alpha value is -4.86. The molecule has 0 radical (unpaired) electrons. The molecule has 5 aromatic rings. The number of ether oxygens (including phenoxy) is 1. The van der Waals surface area contributed by atoms with Crippen LogP contribution in [-0.2, 0) is 27.8 Å². The number of hydrogen-bond donors (Lipinski definition) is 0. The monoisotopic (exact) mass is 690 g/mol. The molecule has 0 spiro atoms. The van der Waals surface area contributed by atoms with Crippen molar-refractivity contribution < 1.29 is 17.9 Å². The molecule has 260 valence electrons. The van der Waals surface area contributed by atoms with E-state index in [4.69, 9.17) is 4.74 Å². The first-order valence-electron chi connectivity index (χ1n) is 17.2. The number of fused-ring (bicyclic) bond motifs is 1. The van der Waals surface area contributed by atoms with Gasteiger partial charge in [0.25, 0.3) is 10.0 Å². The van der Waals surface area contributed by atoms with Gasteiger partial charge in [-0.2, -0.15) is 0 Å². The van der Waals surface area contributed by atoms with E-state index in [2.05, 4.69) is 36.1 Å². The van der Waals surface area contributed by atoms with Gasteiger partial charge in [0.1, 0.15) is 6.61 Å². The number of likely N-dealkylation sites (tertiary alicyclic amines) is 1. The van der Waals surface area contributed by atoms with E-state index in [1.54, 1.807) is 15.3 Å². The van der Waals surface area contributed by atoms with E-state index in [1.165, 1.54) is 11.1 Å². The van der Waals surface area contributed by atoms with E-state index in [0.29, 0.717) is 37.0 Å². The van der Waals surface area contributed by atoms with Crippen molar-refractivity contribution in [3.8, 4) is 0 Å². The zero-order valence-corrected chi connectivity index (χ0v) is 29.9. The van der Waals surface area contributed by atoms with Crippen molar-refractivity contribution in [3.63, 3.8) is 0 Å². The fourth-order valence-electron chi connectivity index (χ4n) is 6.78. The van der Waals surface area contributed by atoms with Gasteiger partial charge in [-0.25, -0.2) is 13.2 Å². The van der Waals surface area contributed by atoms with Crippen molar-refractivity contribution in [2.45, 2.75) is 49.8 Å². The minimum absolute atomic E-state index is 0.0238. The number of nitrogens with zero attached hydrogens (tertiary/aromatic N) is 4. The zero-order valence-electron chi connectivity index (χ0n) is 29.1. The lowest BCUT2D eigenvalue weighted by atomic mass is 10.0. The van der Waals surface area contributed by atoms with Crippen LogP contribution in [0.4, 0.5) is 16.2 Å². The third-order valence-corrected chi connectivity index (χ3v) is 11.4. The summed E-state index contributed by atoms with van der Waals surface area (Å²) >= 11 is 0. The maximum absolute atomic E-state index is 14.6. The molecule has 1 aliphatic rings. The second-order valence-electron chi connectivity index (χ2n) is 13.2. The summed E-state index contributed by atoms with van der Waals surface area (Å²) in [6, 6.07) is 40.8. The lowest BCUT2D eigenvalue weighted by Gasteiger charge is -2.39. The summed E-state index contributed by atoms with van der Waals surface area (Å²) in [5.41, 5.74) is 3.96. The zero-order chi connectivity index (χ0) is 35.1. The fourth-order valence-corrected chi connectivity index (χ4v) is 8.70. The summed E-state index contributed by atoms with van der Waals surface area (Å²) < 4.78 is 36.8. The molecule has 0 saturated carbocycles. The number of anilines is 2. The topological polar surface area (TPSA) is 73.4 Å². The fraction of sp³-hybridized carbons (Fsp3) is 0.293. The second kappa shape index (κ2) is 15.8. The van der Waals surface area contributed by atoms with Crippen LogP contribution < -0.4 is 9.21 Å². The van der Waals surface area contributed by atoms with Crippen LogP contribution in [0.25, 0.3) is 10.8 Å². The molecule has 50 heavy (non-hydrogen) atoms. The Morgan fingerprint density at radius 2 is 1.28 bits per heavy atom. The summed E-state index contributed by atoms with van der Waals surface area (Å²) in [5, 5.41) is 1.56. The highest BCUT2D eigenvalue weighted by molar-refractivity contribution is 7.93. The van der Waals surface area contributed by atoms with E-state index in [1.807, 2.05) is 116 Å². The average molecular weight is 691 g/mol. The van der Waals surface area contributed by atoms with Crippen LogP contribution in [0, 0.1) is 0 Å². The molecule has 0 aromatic heterocycles. The molecule has 1 amide bonds. The summed E-state index contributed by atoms with van der Waals surface area (Å²) in [6.07, 6.45) is 0.607. The normalized spacial score (nSPS) is 14.4. The first-order valence-corrected chi connectivity index (χ1v) is 18.7. The Kier molecular flexibility index (Phi) is 11.0. The molecule has 9 heteroatoms. The quantitative estimate of drug-likeness (QED) is 0.133. The van der Waals surface area contributed by atoms with E-state index >= 15 is 0 Å². The second-order valence-corrected chi connectivity index (χ2v) is 15.0. The Labute approximate surface area is 296 Å². The van der Waals surface area contributed by atoms with Gasteiger partial charge in [0.05, 0.1) is 10.6 Å². The number of para-hydroxylation sites is 1. The third kappa shape index (κ3) is 7.95. The van der Waals surface area contributed by atoms with Gasteiger partial charge < -0.3 is 14.5 Å². The molecule has 5 aromatic carbocycles. The van der Waals surface area contributed by atoms with Gasteiger partial charge in [-0.3, -0.25) is 9.21 Å². The first kappa shape index (κ1) is 35.0. The number of piperidine rings is 1. The molecular weight excluding hydrogens is 645 g/mol. The van der Waals surface area contributed by atoms with Crippen molar-refractivity contribution in [3.05, 3.63) is 139 Å². The molecule has 1 fully saturated rings. The smallest absolute Gasteiger partial charge is 0.409 e. The average Bonchev–Trinajstić information content (AvgIpc) is 3.14. The SMILES string of the molecule is CC(COC(=O)N1CCC(N(c2ccccc2)S(=O)(=O)c2cccc3c(N(C)C)cccc23)CC1)N(Cc1ccccc1)Cc1ccccc1. The molecule has 1 unspecified atom stereocenters. The van der Waals surface area contributed by atoms with Gasteiger partial charge in [0.2, 0.25) is 0 Å². The Balaban J connectivity index is 1.15. The van der Waals surface area contributed by atoms with Gasteiger partial charge >= 0.3 is 6.09 Å². The third-order valence-electron chi connectivity index (χ3n) is 9.47. The van der Waals surface area contributed by atoms with E-state index in [-0.39, 0.29) is 29.7 Å². The Morgan fingerprint density at radius 3 is 1.86 bits per heavy atom. The highest BCUT2D eigenvalue weighted by atomic mass is 32.2. The predicted octanol–water partition coefficient (Wildman–Crippen LogP) is 7.79. The van der Waals surface area contributed by atoms with Crippen molar-refractivity contribution in [1.29, 1.82) is 0 Å². The van der Waals surface area contributed by atoms with Crippen LogP contribution >= 0.6 is 0 Å². The van der Waals surface area contributed by atoms with Gasteiger partial charge in [0, 0.05) is 68.8 Å².